The number of carbonyl (C=O) groups is 3. The summed E-state index contributed by atoms with van der Waals surface area (Å²) in [5, 5.41) is 9.13. The van der Waals surface area contributed by atoms with Crippen LogP contribution in [-0.2, 0) is 14.3 Å². The lowest BCUT2D eigenvalue weighted by Crippen LogP contribution is -2.34. The Bertz CT molecular complexity index is 717. The van der Waals surface area contributed by atoms with Gasteiger partial charge in [0, 0.05) is 4.47 Å². The van der Waals surface area contributed by atoms with Gasteiger partial charge < -0.3 is 14.6 Å². The van der Waals surface area contributed by atoms with Gasteiger partial charge in [-0.2, -0.15) is 0 Å². The van der Waals surface area contributed by atoms with Gasteiger partial charge in [-0.15, -0.1) is 0 Å². The molecule has 0 atom stereocenters. The number of amides is 2. The SMILES string of the molecule is COC(=O)CN1C(=O)S/C(=C/c2cc(OC)c(O)cc2Br)C1=O. The second-order valence-corrected chi connectivity index (χ2v) is 6.24. The topological polar surface area (TPSA) is 93.1 Å². The Balaban J connectivity index is 2.32. The fourth-order valence-corrected chi connectivity index (χ4v) is 3.08. The van der Waals surface area contributed by atoms with Crippen LogP contribution < -0.4 is 4.74 Å². The molecular weight excluding hydrogens is 390 g/mol. The van der Waals surface area contributed by atoms with E-state index in [1.165, 1.54) is 32.4 Å². The number of imide groups is 1. The molecule has 1 aromatic carbocycles. The Morgan fingerprint density at radius 3 is 2.70 bits per heavy atom. The number of halogens is 1. The van der Waals surface area contributed by atoms with Crippen molar-refractivity contribution in [3.05, 3.63) is 27.1 Å². The molecule has 1 aliphatic heterocycles. The number of hydrogen-bond acceptors (Lipinski definition) is 7. The van der Waals surface area contributed by atoms with Crippen LogP contribution in [0.3, 0.4) is 0 Å². The van der Waals surface area contributed by atoms with Crippen molar-refractivity contribution >= 4 is 50.9 Å². The van der Waals surface area contributed by atoms with E-state index in [0.717, 1.165) is 16.7 Å². The zero-order chi connectivity index (χ0) is 17.1. The molecule has 1 fully saturated rings. The third-order valence-electron chi connectivity index (χ3n) is 2.97. The van der Waals surface area contributed by atoms with E-state index >= 15 is 0 Å². The predicted molar refractivity (Wildman–Crippen MR) is 87.1 cm³/mol. The predicted octanol–water partition coefficient (Wildman–Crippen LogP) is 2.37. The van der Waals surface area contributed by atoms with E-state index in [1.54, 1.807) is 0 Å². The van der Waals surface area contributed by atoms with E-state index in [9.17, 15) is 19.5 Å². The van der Waals surface area contributed by atoms with Crippen molar-refractivity contribution in [3.63, 3.8) is 0 Å². The van der Waals surface area contributed by atoms with E-state index in [1.807, 2.05) is 0 Å². The van der Waals surface area contributed by atoms with Gasteiger partial charge in [0.05, 0.1) is 19.1 Å². The van der Waals surface area contributed by atoms with Gasteiger partial charge in [0.1, 0.15) is 6.54 Å². The molecule has 1 aliphatic rings. The summed E-state index contributed by atoms with van der Waals surface area (Å²) in [6.07, 6.45) is 1.48. The van der Waals surface area contributed by atoms with Crippen LogP contribution in [-0.4, -0.2) is 47.9 Å². The van der Waals surface area contributed by atoms with E-state index < -0.39 is 23.7 Å². The Kier molecular flexibility index (Phi) is 5.32. The molecule has 0 saturated carbocycles. The van der Waals surface area contributed by atoms with Crippen molar-refractivity contribution in [2.75, 3.05) is 20.8 Å². The number of phenols is 1. The Hall–Kier alpha value is -2.00. The maximum absolute atomic E-state index is 12.2. The first-order valence-electron chi connectivity index (χ1n) is 6.26. The Morgan fingerprint density at radius 1 is 1.39 bits per heavy atom. The van der Waals surface area contributed by atoms with Crippen molar-refractivity contribution in [1.29, 1.82) is 0 Å². The molecule has 0 aromatic heterocycles. The fourth-order valence-electron chi connectivity index (χ4n) is 1.80. The molecule has 7 nitrogen and oxygen atoms in total. The average molecular weight is 402 g/mol. The summed E-state index contributed by atoms with van der Waals surface area (Å²) in [6, 6.07) is 2.94. The van der Waals surface area contributed by atoms with Crippen molar-refractivity contribution in [2.45, 2.75) is 0 Å². The van der Waals surface area contributed by atoms with Gasteiger partial charge in [-0.3, -0.25) is 19.3 Å². The molecule has 1 N–H and O–H groups in total. The highest BCUT2D eigenvalue weighted by Crippen LogP contribution is 2.37. The van der Waals surface area contributed by atoms with Crippen molar-refractivity contribution in [2.24, 2.45) is 0 Å². The number of thioether (sulfide) groups is 1. The molecule has 0 bridgehead atoms. The molecule has 0 unspecified atom stereocenters. The number of carbonyl (C=O) groups excluding carboxylic acids is 3. The maximum atomic E-state index is 12.2. The first-order chi connectivity index (χ1) is 10.9. The first kappa shape index (κ1) is 17.4. The minimum atomic E-state index is -0.680. The Labute approximate surface area is 144 Å². The van der Waals surface area contributed by atoms with Crippen LogP contribution in [0, 0.1) is 0 Å². The van der Waals surface area contributed by atoms with Crippen molar-refractivity contribution < 1.29 is 29.0 Å². The van der Waals surface area contributed by atoms with Crippen molar-refractivity contribution in [3.8, 4) is 11.5 Å². The summed E-state index contributed by atoms with van der Waals surface area (Å²) >= 11 is 3.99. The molecule has 2 rings (SSSR count). The molecule has 122 valence electrons. The molecular formula is C14H12BrNO6S. The number of methoxy groups -OCH3 is 2. The molecule has 0 spiro atoms. The van der Waals surface area contributed by atoms with Crippen LogP contribution in [0.4, 0.5) is 4.79 Å². The number of nitrogens with zero attached hydrogens (tertiary/aromatic N) is 1. The molecule has 1 aromatic rings. The highest BCUT2D eigenvalue weighted by Gasteiger charge is 2.36. The summed E-state index contributed by atoms with van der Waals surface area (Å²) in [4.78, 5) is 36.3. The molecule has 1 saturated heterocycles. The highest BCUT2D eigenvalue weighted by molar-refractivity contribution is 9.10. The number of rotatable bonds is 4. The quantitative estimate of drug-likeness (QED) is 0.611. The average Bonchev–Trinajstić information content (AvgIpc) is 2.77. The minimum Gasteiger partial charge on any atom is -0.504 e. The Morgan fingerprint density at radius 2 is 2.09 bits per heavy atom. The summed E-state index contributed by atoms with van der Waals surface area (Å²) in [5.41, 5.74) is 0.545. The van der Waals surface area contributed by atoms with Gasteiger partial charge in [0.2, 0.25) is 0 Å². The van der Waals surface area contributed by atoms with Crippen LogP contribution in [0.2, 0.25) is 0 Å². The van der Waals surface area contributed by atoms with Gasteiger partial charge in [-0.1, -0.05) is 15.9 Å². The zero-order valence-corrected chi connectivity index (χ0v) is 14.6. The minimum absolute atomic E-state index is 0.0599. The van der Waals surface area contributed by atoms with Crippen molar-refractivity contribution in [1.82, 2.24) is 4.90 Å². The lowest BCUT2D eigenvalue weighted by atomic mass is 10.2. The summed E-state index contributed by atoms with van der Waals surface area (Å²) in [6.45, 7) is -0.432. The van der Waals surface area contributed by atoms with Gasteiger partial charge in [-0.05, 0) is 35.5 Å². The molecule has 0 radical (unpaired) electrons. The monoisotopic (exact) mass is 401 g/mol. The molecule has 9 heteroatoms. The van der Waals surface area contributed by atoms with Gasteiger partial charge in [0.15, 0.2) is 11.5 Å². The number of esters is 1. The summed E-state index contributed by atoms with van der Waals surface area (Å²) in [7, 11) is 2.58. The maximum Gasteiger partial charge on any atom is 0.325 e. The summed E-state index contributed by atoms with van der Waals surface area (Å²) in [5.74, 6) is -1.09. The lowest BCUT2D eigenvalue weighted by Gasteiger charge is -2.10. The standard InChI is InChI=1S/C14H12BrNO6S/c1-21-10-3-7(8(15)5-9(10)17)4-11-13(19)16(14(20)23-11)6-12(18)22-2/h3-5,17H,6H2,1-2H3/b11-4+. The van der Waals surface area contributed by atoms with Crippen LogP contribution >= 0.6 is 27.7 Å². The van der Waals surface area contributed by atoms with E-state index in [2.05, 4.69) is 20.7 Å². The van der Waals surface area contributed by atoms with Crippen LogP contribution in [0.1, 0.15) is 5.56 Å². The van der Waals surface area contributed by atoms with Gasteiger partial charge >= 0.3 is 5.97 Å². The number of phenolic OH excluding ortho intramolecular Hbond substituents is 1. The highest BCUT2D eigenvalue weighted by atomic mass is 79.9. The van der Waals surface area contributed by atoms with E-state index in [-0.39, 0.29) is 16.4 Å². The smallest absolute Gasteiger partial charge is 0.325 e. The molecule has 23 heavy (non-hydrogen) atoms. The van der Waals surface area contributed by atoms with E-state index in [0.29, 0.717) is 10.0 Å². The number of aromatic hydroxyl groups is 1. The molecule has 1 heterocycles. The fraction of sp³-hybridized carbons (Fsp3) is 0.214. The molecule has 2 amide bonds. The zero-order valence-electron chi connectivity index (χ0n) is 12.2. The van der Waals surface area contributed by atoms with E-state index in [4.69, 9.17) is 4.74 Å². The number of ether oxygens (including phenoxy) is 2. The number of hydrogen-bond donors (Lipinski definition) is 1. The van der Waals surface area contributed by atoms with Crippen LogP contribution in [0.15, 0.2) is 21.5 Å². The second-order valence-electron chi connectivity index (χ2n) is 4.39. The largest absolute Gasteiger partial charge is 0.504 e. The van der Waals surface area contributed by atoms with Gasteiger partial charge in [-0.25, -0.2) is 0 Å². The second kappa shape index (κ2) is 7.05. The van der Waals surface area contributed by atoms with Crippen LogP contribution in [0.25, 0.3) is 6.08 Å². The molecule has 0 aliphatic carbocycles. The first-order valence-corrected chi connectivity index (χ1v) is 7.87. The summed E-state index contributed by atoms with van der Waals surface area (Å²) < 4.78 is 9.99. The third-order valence-corrected chi connectivity index (χ3v) is 4.57. The van der Waals surface area contributed by atoms with Crippen LogP contribution in [0.5, 0.6) is 11.5 Å². The normalized spacial score (nSPS) is 16.1. The van der Waals surface area contributed by atoms with Gasteiger partial charge in [0.25, 0.3) is 11.1 Å². The lowest BCUT2D eigenvalue weighted by molar-refractivity contribution is -0.143. The third kappa shape index (κ3) is 3.67. The number of benzene rings is 1.